The normalized spacial score (nSPS) is 13.6. The highest BCUT2D eigenvalue weighted by Gasteiger charge is 2.24. The first-order valence-corrected chi connectivity index (χ1v) is 8.99. The number of hydrogen-bond donors (Lipinski definition) is 1. The summed E-state index contributed by atoms with van der Waals surface area (Å²) in [6.45, 7) is 3.49. The van der Waals surface area contributed by atoms with Crippen LogP contribution in [0.25, 0.3) is 10.8 Å². The number of sulfonamides is 1. The van der Waals surface area contributed by atoms with Crippen molar-refractivity contribution in [2.45, 2.75) is 18.2 Å². The van der Waals surface area contributed by atoms with Gasteiger partial charge >= 0.3 is 0 Å². The summed E-state index contributed by atoms with van der Waals surface area (Å²) in [5.41, 5.74) is 0. The summed E-state index contributed by atoms with van der Waals surface area (Å²) in [5.74, 6) is 0.308. The molecule has 22 heavy (non-hydrogen) atoms. The van der Waals surface area contributed by atoms with Gasteiger partial charge < -0.3 is 5.32 Å². The average molecular weight is 320 g/mol. The zero-order chi connectivity index (χ0) is 16.2. The van der Waals surface area contributed by atoms with Gasteiger partial charge in [0.05, 0.1) is 4.90 Å². The van der Waals surface area contributed by atoms with Crippen LogP contribution in [0.4, 0.5) is 0 Å². The summed E-state index contributed by atoms with van der Waals surface area (Å²) in [6, 6.07) is 13.0. The smallest absolute Gasteiger partial charge is 0.243 e. The van der Waals surface area contributed by atoms with E-state index in [0.717, 1.165) is 23.7 Å². The molecule has 120 valence electrons. The van der Waals surface area contributed by atoms with Crippen LogP contribution in [0.15, 0.2) is 47.4 Å². The fourth-order valence-electron chi connectivity index (χ4n) is 2.61. The highest BCUT2D eigenvalue weighted by molar-refractivity contribution is 7.89. The Morgan fingerprint density at radius 2 is 1.82 bits per heavy atom. The zero-order valence-corrected chi connectivity index (χ0v) is 14.2. The molecule has 0 amide bonds. The van der Waals surface area contributed by atoms with Gasteiger partial charge in [-0.3, -0.25) is 0 Å². The highest BCUT2D eigenvalue weighted by atomic mass is 32.2. The predicted molar refractivity (Wildman–Crippen MR) is 91.5 cm³/mol. The monoisotopic (exact) mass is 320 g/mol. The molecule has 5 heteroatoms. The predicted octanol–water partition coefficient (Wildman–Crippen LogP) is 2.71. The second-order valence-corrected chi connectivity index (χ2v) is 7.77. The maximum atomic E-state index is 12.9. The van der Waals surface area contributed by atoms with Crippen LogP contribution < -0.4 is 5.32 Å². The van der Waals surface area contributed by atoms with Crippen LogP contribution in [0, 0.1) is 5.92 Å². The van der Waals surface area contributed by atoms with Gasteiger partial charge in [-0.2, -0.15) is 0 Å². The summed E-state index contributed by atoms with van der Waals surface area (Å²) >= 11 is 0. The van der Waals surface area contributed by atoms with Crippen molar-refractivity contribution in [2.24, 2.45) is 5.92 Å². The number of benzene rings is 2. The van der Waals surface area contributed by atoms with Gasteiger partial charge in [-0.05, 0) is 37.4 Å². The molecule has 0 saturated heterocycles. The minimum absolute atomic E-state index is 0.308. The van der Waals surface area contributed by atoms with Crippen molar-refractivity contribution >= 4 is 20.8 Å². The van der Waals surface area contributed by atoms with E-state index in [2.05, 4.69) is 12.2 Å². The molecule has 2 aromatic rings. The van der Waals surface area contributed by atoms with E-state index in [1.165, 1.54) is 4.31 Å². The Kier molecular flexibility index (Phi) is 5.56. The number of nitrogens with one attached hydrogen (secondary N) is 1. The van der Waals surface area contributed by atoms with Gasteiger partial charge in [-0.15, -0.1) is 0 Å². The molecule has 4 nitrogen and oxygen atoms in total. The minimum Gasteiger partial charge on any atom is -0.320 e. The highest BCUT2D eigenvalue weighted by Crippen LogP contribution is 2.25. The van der Waals surface area contributed by atoms with E-state index in [9.17, 15) is 8.42 Å². The van der Waals surface area contributed by atoms with E-state index < -0.39 is 10.0 Å². The first-order valence-electron chi connectivity index (χ1n) is 7.55. The summed E-state index contributed by atoms with van der Waals surface area (Å²) in [6.07, 6.45) is 0.950. The van der Waals surface area contributed by atoms with Gasteiger partial charge in [0, 0.05) is 19.0 Å². The van der Waals surface area contributed by atoms with Crippen molar-refractivity contribution in [3.8, 4) is 0 Å². The van der Waals surface area contributed by atoms with Crippen LogP contribution >= 0.6 is 0 Å². The third kappa shape index (κ3) is 3.66. The Bertz CT molecular complexity index is 723. The van der Waals surface area contributed by atoms with Gasteiger partial charge in [-0.25, -0.2) is 12.7 Å². The number of rotatable bonds is 7. The lowest BCUT2D eigenvalue weighted by molar-refractivity contribution is 0.383. The molecule has 0 radical (unpaired) electrons. The number of fused-ring (bicyclic) bond motifs is 1. The molecular weight excluding hydrogens is 296 g/mol. The first kappa shape index (κ1) is 16.9. The largest absolute Gasteiger partial charge is 0.320 e. The fourth-order valence-corrected chi connectivity index (χ4v) is 4.11. The molecule has 0 aliphatic rings. The van der Waals surface area contributed by atoms with E-state index in [4.69, 9.17) is 0 Å². The lowest BCUT2D eigenvalue weighted by Crippen LogP contribution is -2.32. The van der Waals surface area contributed by atoms with Crippen molar-refractivity contribution in [3.63, 3.8) is 0 Å². The summed E-state index contributed by atoms with van der Waals surface area (Å²) in [4.78, 5) is 0.383. The van der Waals surface area contributed by atoms with Crippen molar-refractivity contribution in [2.75, 3.05) is 27.2 Å². The molecule has 1 unspecified atom stereocenters. The summed E-state index contributed by atoms with van der Waals surface area (Å²) in [7, 11) is 0.0930. The van der Waals surface area contributed by atoms with E-state index in [0.29, 0.717) is 17.4 Å². The van der Waals surface area contributed by atoms with E-state index >= 15 is 0 Å². The minimum atomic E-state index is -3.47. The topological polar surface area (TPSA) is 49.4 Å². The quantitative estimate of drug-likeness (QED) is 0.853. The third-order valence-electron chi connectivity index (χ3n) is 3.89. The molecule has 1 N–H and O–H groups in total. The summed E-state index contributed by atoms with van der Waals surface area (Å²) < 4.78 is 27.2. The van der Waals surface area contributed by atoms with Crippen LogP contribution in [-0.4, -0.2) is 39.9 Å². The second-order valence-electron chi connectivity index (χ2n) is 5.76. The molecule has 0 aromatic heterocycles. The Balaban J connectivity index is 2.28. The van der Waals surface area contributed by atoms with Crippen molar-refractivity contribution in [1.82, 2.24) is 9.62 Å². The zero-order valence-electron chi connectivity index (χ0n) is 13.4. The van der Waals surface area contributed by atoms with Crippen molar-refractivity contribution < 1.29 is 8.42 Å². The van der Waals surface area contributed by atoms with Gasteiger partial charge in [-0.1, -0.05) is 43.3 Å². The first-order chi connectivity index (χ1) is 10.5. The molecule has 2 aromatic carbocycles. The maximum Gasteiger partial charge on any atom is 0.243 e. The van der Waals surface area contributed by atoms with Gasteiger partial charge in [0.15, 0.2) is 0 Å². The van der Waals surface area contributed by atoms with Crippen LogP contribution in [0.3, 0.4) is 0 Å². The van der Waals surface area contributed by atoms with Crippen LogP contribution in [0.2, 0.25) is 0 Å². The number of nitrogens with zero attached hydrogens (tertiary/aromatic N) is 1. The van der Waals surface area contributed by atoms with E-state index in [-0.39, 0.29) is 0 Å². The van der Waals surface area contributed by atoms with Gasteiger partial charge in [0.25, 0.3) is 0 Å². The summed E-state index contributed by atoms with van der Waals surface area (Å²) in [5, 5.41) is 4.82. The Hall–Kier alpha value is -1.43. The molecule has 0 aliphatic heterocycles. The molecule has 0 bridgehead atoms. The Morgan fingerprint density at radius 1 is 1.14 bits per heavy atom. The molecule has 0 spiro atoms. The Labute approximate surface area is 133 Å². The second kappa shape index (κ2) is 7.22. The van der Waals surface area contributed by atoms with Crippen LogP contribution in [-0.2, 0) is 10.0 Å². The molecule has 0 heterocycles. The van der Waals surface area contributed by atoms with Gasteiger partial charge in [0.2, 0.25) is 10.0 Å². The van der Waals surface area contributed by atoms with Crippen LogP contribution in [0.1, 0.15) is 13.3 Å². The van der Waals surface area contributed by atoms with E-state index in [1.807, 2.05) is 37.4 Å². The molecule has 0 fully saturated rings. The third-order valence-corrected chi connectivity index (χ3v) is 5.78. The Morgan fingerprint density at radius 3 is 2.55 bits per heavy atom. The standard InChI is InChI=1S/C17H24N2O2S/c1-14(11-12-18-2)13-19(3)22(20,21)17-10-6-8-15-7-4-5-9-16(15)17/h4-10,14,18H,11-13H2,1-3H3. The molecular formula is C17H24N2O2S. The lowest BCUT2D eigenvalue weighted by atomic mass is 10.1. The fraction of sp³-hybridized carbons (Fsp3) is 0.412. The number of hydrogen-bond acceptors (Lipinski definition) is 3. The SMILES string of the molecule is CNCCC(C)CN(C)S(=O)(=O)c1cccc2ccccc12. The average Bonchev–Trinajstić information content (AvgIpc) is 2.52. The molecule has 2 rings (SSSR count). The molecule has 0 saturated carbocycles. The molecule has 1 atom stereocenters. The van der Waals surface area contributed by atoms with E-state index in [1.54, 1.807) is 19.2 Å². The van der Waals surface area contributed by atoms with Gasteiger partial charge in [0.1, 0.15) is 0 Å². The maximum absolute atomic E-state index is 12.9. The lowest BCUT2D eigenvalue weighted by Gasteiger charge is -2.22. The van der Waals surface area contributed by atoms with Crippen molar-refractivity contribution in [3.05, 3.63) is 42.5 Å². The molecule has 0 aliphatic carbocycles. The van der Waals surface area contributed by atoms with Crippen molar-refractivity contribution in [1.29, 1.82) is 0 Å². The van der Waals surface area contributed by atoms with Crippen LogP contribution in [0.5, 0.6) is 0 Å².